The molecule has 94 valence electrons. The number of anilines is 2. The molecule has 2 aromatic rings. The van der Waals surface area contributed by atoms with Crippen molar-refractivity contribution in [3.05, 3.63) is 29.3 Å². The van der Waals surface area contributed by atoms with Gasteiger partial charge in [0.1, 0.15) is 17.5 Å². The van der Waals surface area contributed by atoms with E-state index in [1.54, 1.807) is 4.68 Å². The van der Waals surface area contributed by atoms with Gasteiger partial charge in [0.25, 0.3) is 0 Å². The minimum atomic E-state index is 0.402. The van der Waals surface area contributed by atoms with Crippen molar-refractivity contribution in [3.63, 3.8) is 0 Å². The van der Waals surface area contributed by atoms with Crippen LogP contribution in [-0.4, -0.2) is 26.0 Å². The van der Waals surface area contributed by atoms with E-state index in [1.165, 1.54) is 6.20 Å². The molecule has 1 N–H and O–H groups in total. The predicted octanol–water partition coefficient (Wildman–Crippen LogP) is 1.50. The van der Waals surface area contributed by atoms with Crippen molar-refractivity contribution >= 4 is 30.6 Å². The normalized spacial score (nSPS) is 10.4. The molecule has 0 aliphatic rings. The van der Waals surface area contributed by atoms with E-state index in [-0.39, 0.29) is 0 Å². The van der Waals surface area contributed by atoms with E-state index in [4.69, 9.17) is 0 Å². The van der Waals surface area contributed by atoms with E-state index in [2.05, 4.69) is 33.0 Å². The van der Waals surface area contributed by atoms with Crippen LogP contribution in [0.3, 0.4) is 0 Å². The molecule has 7 heteroatoms. The summed E-state index contributed by atoms with van der Waals surface area (Å²) in [6.45, 7) is 1.89. The van der Waals surface area contributed by atoms with Gasteiger partial charge in [0, 0.05) is 19.3 Å². The van der Waals surface area contributed by atoms with Crippen LogP contribution in [0.1, 0.15) is 21.9 Å². The van der Waals surface area contributed by atoms with Gasteiger partial charge in [-0.25, -0.2) is 9.97 Å². The molecule has 0 unspecified atom stereocenters. The average Bonchev–Trinajstić information content (AvgIpc) is 2.67. The lowest BCUT2D eigenvalue weighted by Gasteiger charge is -2.08. The highest BCUT2D eigenvalue weighted by molar-refractivity contribution is 7.79. The molecule has 0 saturated heterocycles. The molecule has 0 saturated carbocycles. The fourth-order valence-corrected chi connectivity index (χ4v) is 1.69. The Bertz CT molecular complexity index is 581. The largest absolute Gasteiger partial charge is 0.324 e. The number of carbonyl (C=O) groups excluding carboxylic acids is 1. The Hall–Kier alpha value is -1.89. The number of aldehydes is 1. The molecular weight excluding hydrogens is 250 g/mol. The van der Waals surface area contributed by atoms with Crippen molar-refractivity contribution in [2.75, 3.05) is 5.32 Å². The molecule has 0 atom stereocenters. The van der Waals surface area contributed by atoms with Gasteiger partial charge in [0.05, 0.1) is 17.0 Å². The zero-order chi connectivity index (χ0) is 13.1. The van der Waals surface area contributed by atoms with Gasteiger partial charge < -0.3 is 5.32 Å². The molecule has 0 aliphatic carbocycles. The number of rotatable bonds is 4. The quantitative estimate of drug-likeness (QED) is 0.646. The summed E-state index contributed by atoms with van der Waals surface area (Å²) in [6.07, 6.45) is 2.20. The fraction of sp³-hybridized carbons (Fsp3) is 0.273. The van der Waals surface area contributed by atoms with Crippen molar-refractivity contribution in [2.24, 2.45) is 7.05 Å². The molecule has 6 nitrogen and oxygen atoms in total. The maximum absolute atomic E-state index is 10.9. The number of carbonyl (C=O) groups is 1. The highest BCUT2D eigenvalue weighted by Gasteiger charge is 2.09. The number of hydrogen-bond donors (Lipinski definition) is 2. The molecule has 18 heavy (non-hydrogen) atoms. The first kappa shape index (κ1) is 12.6. The van der Waals surface area contributed by atoms with Crippen molar-refractivity contribution in [2.45, 2.75) is 12.7 Å². The third-order valence-electron chi connectivity index (χ3n) is 2.38. The van der Waals surface area contributed by atoms with Crippen LogP contribution in [-0.2, 0) is 12.8 Å². The van der Waals surface area contributed by atoms with Gasteiger partial charge in [0.2, 0.25) is 0 Å². The number of hydrogen-bond acceptors (Lipinski definition) is 6. The standard InChI is InChI=1S/C11H13N5OS/c1-7-3-10(16(2)15-7)14-11-8(5-17)4-12-9(6-18)13-11/h3-5,18H,6H2,1-2H3,(H,12,13,14). The SMILES string of the molecule is Cc1cc(Nc2nc(CS)ncc2C=O)n(C)n1. The number of nitrogens with zero attached hydrogens (tertiary/aromatic N) is 4. The minimum absolute atomic E-state index is 0.402. The van der Waals surface area contributed by atoms with Gasteiger partial charge in [-0.1, -0.05) is 0 Å². The first-order chi connectivity index (χ1) is 8.63. The van der Waals surface area contributed by atoms with Crippen LogP contribution in [0.2, 0.25) is 0 Å². The van der Waals surface area contributed by atoms with E-state index in [0.717, 1.165) is 11.5 Å². The maximum Gasteiger partial charge on any atom is 0.155 e. The Morgan fingerprint density at radius 2 is 2.33 bits per heavy atom. The molecule has 0 fully saturated rings. The van der Waals surface area contributed by atoms with E-state index in [9.17, 15) is 4.79 Å². The number of aromatic nitrogens is 4. The van der Waals surface area contributed by atoms with Crippen LogP contribution >= 0.6 is 12.6 Å². The zero-order valence-corrected chi connectivity index (χ0v) is 11.0. The summed E-state index contributed by atoms with van der Waals surface area (Å²) in [4.78, 5) is 19.2. The van der Waals surface area contributed by atoms with Gasteiger partial charge in [-0.15, -0.1) is 0 Å². The third-order valence-corrected chi connectivity index (χ3v) is 2.67. The fourth-order valence-electron chi connectivity index (χ4n) is 1.54. The monoisotopic (exact) mass is 263 g/mol. The van der Waals surface area contributed by atoms with Crippen LogP contribution in [0.15, 0.2) is 12.3 Å². The summed E-state index contributed by atoms with van der Waals surface area (Å²) in [5.74, 6) is 2.20. The van der Waals surface area contributed by atoms with E-state index < -0.39 is 0 Å². The Labute approximate surface area is 110 Å². The summed E-state index contributed by atoms with van der Waals surface area (Å²) < 4.78 is 1.69. The third kappa shape index (κ3) is 2.51. The summed E-state index contributed by atoms with van der Waals surface area (Å²) in [7, 11) is 1.82. The highest BCUT2D eigenvalue weighted by Crippen LogP contribution is 2.18. The molecule has 0 bridgehead atoms. The Balaban J connectivity index is 2.37. The Morgan fingerprint density at radius 3 is 2.89 bits per heavy atom. The van der Waals surface area contributed by atoms with Gasteiger partial charge in [-0.2, -0.15) is 17.7 Å². The van der Waals surface area contributed by atoms with E-state index in [0.29, 0.717) is 29.2 Å². The lowest BCUT2D eigenvalue weighted by atomic mass is 10.3. The van der Waals surface area contributed by atoms with Crippen LogP contribution in [0.4, 0.5) is 11.6 Å². The summed E-state index contributed by atoms with van der Waals surface area (Å²) >= 11 is 4.11. The second-order valence-electron chi connectivity index (χ2n) is 3.79. The van der Waals surface area contributed by atoms with Crippen molar-refractivity contribution < 1.29 is 4.79 Å². The highest BCUT2D eigenvalue weighted by atomic mass is 32.1. The molecule has 2 heterocycles. The van der Waals surface area contributed by atoms with Gasteiger partial charge in [-0.3, -0.25) is 9.48 Å². The maximum atomic E-state index is 10.9. The number of thiol groups is 1. The van der Waals surface area contributed by atoms with Gasteiger partial charge >= 0.3 is 0 Å². The molecule has 0 aromatic carbocycles. The van der Waals surface area contributed by atoms with Crippen LogP contribution in [0.25, 0.3) is 0 Å². The van der Waals surface area contributed by atoms with Crippen LogP contribution in [0.5, 0.6) is 0 Å². The lowest BCUT2D eigenvalue weighted by Crippen LogP contribution is -2.06. The molecule has 0 radical (unpaired) electrons. The Morgan fingerprint density at radius 1 is 1.56 bits per heavy atom. The van der Waals surface area contributed by atoms with Crippen LogP contribution in [0, 0.1) is 6.92 Å². The second kappa shape index (κ2) is 5.18. The van der Waals surface area contributed by atoms with Crippen molar-refractivity contribution in [3.8, 4) is 0 Å². The van der Waals surface area contributed by atoms with E-state index >= 15 is 0 Å². The van der Waals surface area contributed by atoms with Gasteiger partial charge in [0.15, 0.2) is 6.29 Å². The average molecular weight is 263 g/mol. The molecule has 0 amide bonds. The molecule has 0 spiro atoms. The Kier molecular flexibility index (Phi) is 3.61. The summed E-state index contributed by atoms with van der Waals surface area (Å²) in [6, 6.07) is 1.87. The topological polar surface area (TPSA) is 72.7 Å². The zero-order valence-electron chi connectivity index (χ0n) is 10.1. The molecule has 0 aliphatic heterocycles. The predicted molar refractivity (Wildman–Crippen MR) is 71.3 cm³/mol. The molecular formula is C11H13N5OS. The van der Waals surface area contributed by atoms with Gasteiger partial charge in [-0.05, 0) is 6.92 Å². The first-order valence-corrected chi connectivity index (χ1v) is 5.97. The minimum Gasteiger partial charge on any atom is -0.324 e. The summed E-state index contributed by atoms with van der Waals surface area (Å²) in [5.41, 5.74) is 1.29. The van der Waals surface area contributed by atoms with Crippen molar-refractivity contribution in [1.29, 1.82) is 0 Å². The number of nitrogens with one attached hydrogen (secondary N) is 1. The second-order valence-corrected chi connectivity index (χ2v) is 4.10. The smallest absolute Gasteiger partial charge is 0.155 e. The summed E-state index contributed by atoms with van der Waals surface area (Å²) in [5, 5.41) is 7.28. The lowest BCUT2D eigenvalue weighted by molar-refractivity contribution is 0.112. The van der Waals surface area contributed by atoms with E-state index in [1.807, 2.05) is 20.0 Å². The molecule has 2 aromatic heterocycles. The first-order valence-electron chi connectivity index (χ1n) is 5.33. The van der Waals surface area contributed by atoms with Crippen molar-refractivity contribution in [1.82, 2.24) is 19.7 Å². The van der Waals surface area contributed by atoms with Crippen LogP contribution < -0.4 is 5.32 Å². The number of aryl methyl sites for hydroxylation is 2. The molecule has 2 rings (SSSR count).